The molecule has 6 nitrogen and oxygen atoms in total. The molecule has 1 aliphatic carbocycles. The standard InChI is InChI=1S/C21H13N3O3/c22-11-14-5-1-2-10-17(14)27-12-18(25)23-24-20-15-8-3-6-13-7-4-9-16(19(13)15)21(20)26/h1-10H,12H2,(H,23,25)/b24-20-. The van der Waals surface area contributed by atoms with Gasteiger partial charge in [0.2, 0.25) is 5.78 Å². The van der Waals surface area contributed by atoms with Gasteiger partial charge in [-0.3, -0.25) is 9.59 Å². The van der Waals surface area contributed by atoms with Crippen molar-refractivity contribution in [3.8, 4) is 11.8 Å². The number of hydrazone groups is 1. The van der Waals surface area contributed by atoms with E-state index in [1.165, 1.54) is 0 Å². The fraction of sp³-hybridized carbons (Fsp3) is 0.0476. The molecule has 0 bridgehead atoms. The average molecular weight is 355 g/mol. The summed E-state index contributed by atoms with van der Waals surface area (Å²) in [5.74, 6) is -0.430. The Labute approximate surface area is 154 Å². The van der Waals surface area contributed by atoms with Crippen LogP contribution in [0.4, 0.5) is 0 Å². The highest BCUT2D eigenvalue weighted by Gasteiger charge is 2.28. The zero-order chi connectivity index (χ0) is 18.8. The van der Waals surface area contributed by atoms with Crippen LogP contribution in [0.3, 0.4) is 0 Å². The summed E-state index contributed by atoms with van der Waals surface area (Å²) >= 11 is 0. The van der Waals surface area contributed by atoms with Gasteiger partial charge in [0.15, 0.2) is 6.61 Å². The van der Waals surface area contributed by atoms with Crippen molar-refractivity contribution in [2.75, 3.05) is 6.61 Å². The number of amides is 1. The Morgan fingerprint density at radius 2 is 1.78 bits per heavy atom. The van der Waals surface area contributed by atoms with E-state index in [4.69, 9.17) is 10.00 Å². The molecular formula is C21H13N3O3. The normalized spacial score (nSPS) is 13.6. The molecule has 0 fully saturated rings. The van der Waals surface area contributed by atoms with Gasteiger partial charge in [0.1, 0.15) is 17.5 Å². The lowest BCUT2D eigenvalue weighted by Crippen LogP contribution is -2.27. The smallest absolute Gasteiger partial charge is 0.277 e. The number of carbonyl (C=O) groups excluding carboxylic acids is 2. The van der Waals surface area contributed by atoms with Gasteiger partial charge in [-0.2, -0.15) is 10.4 Å². The number of nitriles is 1. The molecule has 1 aliphatic rings. The fourth-order valence-corrected chi connectivity index (χ4v) is 3.07. The van der Waals surface area contributed by atoms with E-state index in [0.717, 1.165) is 10.8 Å². The number of nitrogens with one attached hydrogen (secondary N) is 1. The first-order chi connectivity index (χ1) is 13.2. The zero-order valence-corrected chi connectivity index (χ0v) is 14.1. The predicted octanol–water partition coefficient (Wildman–Crippen LogP) is 2.81. The van der Waals surface area contributed by atoms with E-state index in [2.05, 4.69) is 10.5 Å². The van der Waals surface area contributed by atoms with Crippen LogP contribution in [0.5, 0.6) is 5.75 Å². The molecule has 0 spiro atoms. The molecule has 6 heteroatoms. The van der Waals surface area contributed by atoms with Crippen molar-refractivity contribution in [1.82, 2.24) is 5.43 Å². The maximum absolute atomic E-state index is 12.6. The molecule has 4 rings (SSSR count). The number of hydrogen-bond donors (Lipinski definition) is 1. The number of ether oxygens (including phenoxy) is 1. The van der Waals surface area contributed by atoms with Gasteiger partial charge in [-0.15, -0.1) is 0 Å². The van der Waals surface area contributed by atoms with Crippen LogP contribution in [0.25, 0.3) is 10.8 Å². The van der Waals surface area contributed by atoms with E-state index >= 15 is 0 Å². The fourth-order valence-electron chi connectivity index (χ4n) is 3.07. The van der Waals surface area contributed by atoms with Crippen LogP contribution in [0.2, 0.25) is 0 Å². The van der Waals surface area contributed by atoms with E-state index in [1.54, 1.807) is 36.4 Å². The monoisotopic (exact) mass is 355 g/mol. The number of Topliss-reactive ketones (excluding diaryl/α,β-unsaturated/α-hetero) is 1. The van der Waals surface area contributed by atoms with Gasteiger partial charge >= 0.3 is 0 Å². The summed E-state index contributed by atoms with van der Waals surface area (Å²) in [7, 11) is 0. The third-order valence-corrected chi connectivity index (χ3v) is 4.28. The lowest BCUT2D eigenvalue weighted by Gasteiger charge is -2.06. The number of carbonyl (C=O) groups is 2. The molecular weight excluding hydrogens is 342 g/mol. The zero-order valence-electron chi connectivity index (χ0n) is 14.1. The molecule has 0 saturated carbocycles. The van der Waals surface area contributed by atoms with E-state index in [0.29, 0.717) is 22.4 Å². The lowest BCUT2D eigenvalue weighted by molar-refractivity contribution is -0.123. The van der Waals surface area contributed by atoms with Gasteiger partial charge in [-0.1, -0.05) is 48.5 Å². The maximum Gasteiger partial charge on any atom is 0.277 e. The van der Waals surface area contributed by atoms with Crippen LogP contribution in [0.15, 0.2) is 65.8 Å². The predicted molar refractivity (Wildman–Crippen MR) is 99.6 cm³/mol. The number of rotatable bonds is 4. The van der Waals surface area contributed by atoms with Gasteiger partial charge in [-0.25, -0.2) is 5.43 Å². The largest absolute Gasteiger partial charge is 0.482 e. The average Bonchev–Trinajstić information content (AvgIpc) is 2.98. The maximum atomic E-state index is 12.6. The van der Waals surface area contributed by atoms with Crippen LogP contribution < -0.4 is 10.2 Å². The summed E-state index contributed by atoms with van der Waals surface area (Å²) in [4.78, 5) is 24.7. The van der Waals surface area contributed by atoms with Crippen molar-refractivity contribution < 1.29 is 14.3 Å². The molecule has 3 aromatic carbocycles. The van der Waals surface area contributed by atoms with Crippen molar-refractivity contribution >= 4 is 28.2 Å². The van der Waals surface area contributed by atoms with Crippen LogP contribution in [-0.2, 0) is 4.79 Å². The second-order valence-electron chi connectivity index (χ2n) is 5.93. The van der Waals surface area contributed by atoms with Crippen molar-refractivity contribution in [3.63, 3.8) is 0 Å². The third kappa shape index (κ3) is 2.92. The molecule has 0 unspecified atom stereocenters. The Morgan fingerprint density at radius 1 is 1.04 bits per heavy atom. The van der Waals surface area contributed by atoms with Crippen LogP contribution >= 0.6 is 0 Å². The van der Waals surface area contributed by atoms with E-state index in [-0.39, 0.29) is 18.1 Å². The summed E-state index contributed by atoms with van der Waals surface area (Å²) in [5, 5.41) is 14.8. The molecule has 0 aromatic heterocycles. The second kappa shape index (κ2) is 6.73. The summed E-state index contributed by atoms with van der Waals surface area (Å²) in [5.41, 5.74) is 4.18. The van der Waals surface area contributed by atoms with Crippen molar-refractivity contribution in [1.29, 1.82) is 5.26 Å². The topological polar surface area (TPSA) is 91.5 Å². The van der Waals surface area contributed by atoms with Crippen LogP contribution in [0.1, 0.15) is 21.5 Å². The summed E-state index contributed by atoms with van der Waals surface area (Å²) in [6.45, 7) is -0.319. The van der Waals surface area contributed by atoms with Gasteiger partial charge in [0, 0.05) is 16.5 Å². The quantitative estimate of drug-likeness (QED) is 0.729. The number of nitrogens with zero attached hydrogens (tertiary/aromatic N) is 2. The SMILES string of the molecule is N#Cc1ccccc1OCC(=O)N/N=C1\C(=O)c2cccc3cccc1c23. The Hall–Kier alpha value is -3.98. The first-order valence-corrected chi connectivity index (χ1v) is 8.24. The molecule has 0 atom stereocenters. The van der Waals surface area contributed by atoms with Crippen LogP contribution in [0, 0.1) is 11.3 Å². The van der Waals surface area contributed by atoms with E-state index < -0.39 is 5.91 Å². The molecule has 0 heterocycles. The molecule has 27 heavy (non-hydrogen) atoms. The summed E-state index contributed by atoms with van der Waals surface area (Å²) in [6, 6.07) is 19.7. The number of para-hydroxylation sites is 1. The first-order valence-electron chi connectivity index (χ1n) is 8.24. The van der Waals surface area contributed by atoms with Crippen molar-refractivity contribution in [3.05, 3.63) is 77.4 Å². The van der Waals surface area contributed by atoms with Gasteiger partial charge in [-0.05, 0) is 17.5 Å². The molecule has 1 N–H and O–H groups in total. The van der Waals surface area contributed by atoms with Gasteiger partial charge in [0.05, 0.1) is 5.56 Å². The summed E-state index contributed by atoms with van der Waals surface area (Å²) in [6.07, 6.45) is 0. The Balaban J connectivity index is 1.51. The minimum absolute atomic E-state index is 0.201. The third-order valence-electron chi connectivity index (χ3n) is 4.28. The highest BCUT2D eigenvalue weighted by Crippen LogP contribution is 2.30. The molecule has 130 valence electrons. The van der Waals surface area contributed by atoms with Crippen molar-refractivity contribution in [2.45, 2.75) is 0 Å². The van der Waals surface area contributed by atoms with E-state index in [1.807, 2.05) is 30.3 Å². The Morgan fingerprint density at radius 3 is 2.56 bits per heavy atom. The van der Waals surface area contributed by atoms with Gasteiger partial charge in [0.25, 0.3) is 5.91 Å². The Bertz CT molecular complexity index is 1150. The molecule has 3 aromatic rings. The number of hydrogen-bond acceptors (Lipinski definition) is 5. The molecule has 0 saturated heterocycles. The molecule has 1 amide bonds. The van der Waals surface area contributed by atoms with Crippen molar-refractivity contribution in [2.24, 2.45) is 5.10 Å². The Kier molecular flexibility index (Phi) is 4.11. The molecule has 0 aliphatic heterocycles. The number of benzene rings is 3. The minimum atomic E-state index is -0.522. The van der Waals surface area contributed by atoms with Gasteiger partial charge < -0.3 is 4.74 Å². The highest BCUT2D eigenvalue weighted by atomic mass is 16.5. The summed E-state index contributed by atoms with van der Waals surface area (Å²) < 4.78 is 5.36. The highest BCUT2D eigenvalue weighted by molar-refractivity contribution is 6.59. The number of ketones is 1. The minimum Gasteiger partial charge on any atom is -0.482 e. The van der Waals surface area contributed by atoms with E-state index in [9.17, 15) is 9.59 Å². The molecule has 0 radical (unpaired) electrons. The lowest BCUT2D eigenvalue weighted by atomic mass is 10.1. The first kappa shape index (κ1) is 16.5. The van der Waals surface area contributed by atoms with Crippen LogP contribution in [-0.4, -0.2) is 24.0 Å². The second-order valence-corrected chi connectivity index (χ2v) is 5.93.